The molecule has 0 aliphatic heterocycles. The number of hydrogen-bond donors (Lipinski definition) is 1. The number of sulfonamides is 1. The first-order chi connectivity index (χ1) is 8.00. The van der Waals surface area contributed by atoms with E-state index in [1.807, 2.05) is 0 Å². The van der Waals surface area contributed by atoms with Crippen molar-refractivity contribution in [1.82, 2.24) is 14.3 Å². The zero-order chi connectivity index (χ0) is 12.5. The Hall–Kier alpha value is -1.60. The third kappa shape index (κ3) is 2.40. The van der Waals surface area contributed by atoms with Gasteiger partial charge in [-0.05, 0) is 19.1 Å². The standard InChI is InChI=1S/C10H13N3O3S/c1-8-11-6-10(12-8)17(14,15)13(2)7-9-4-3-5-16-9/h3-6H,7H2,1-2H3,(H,11,12). The number of furan rings is 1. The lowest BCUT2D eigenvalue weighted by molar-refractivity contribution is 0.405. The van der Waals surface area contributed by atoms with Gasteiger partial charge >= 0.3 is 0 Å². The van der Waals surface area contributed by atoms with Gasteiger partial charge in [0.05, 0.1) is 19.0 Å². The van der Waals surface area contributed by atoms with Crippen LogP contribution in [0.3, 0.4) is 0 Å². The lowest BCUT2D eigenvalue weighted by Gasteiger charge is -2.14. The van der Waals surface area contributed by atoms with Gasteiger partial charge in [-0.25, -0.2) is 13.4 Å². The zero-order valence-electron chi connectivity index (χ0n) is 9.54. The van der Waals surface area contributed by atoms with Crippen molar-refractivity contribution in [2.24, 2.45) is 0 Å². The molecule has 2 rings (SSSR count). The molecular formula is C10H13N3O3S. The predicted molar refractivity (Wildman–Crippen MR) is 60.7 cm³/mol. The molecule has 92 valence electrons. The molecule has 0 bridgehead atoms. The van der Waals surface area contributed by atoms with Gasteiger partial charge in [0.25, 0.3) is 10.0 Å². The van der Waals surface area contributed by atoms with Crippen molar-refractivity contribution in [3.8, 4) is 0 Å². The van der Waals surface area contributed by atoms with Gasteiger partial charge in [-0.2, -0.15) is 4.31 Å². The molecule has 0 aromatic carbocycles. The van der Waals surface area contributed by atoms with E-state index in [4.69, 9.17) is 4.42 Å². The van der Waals surface area contributed by atoms with Gasteiger partial charge in [0.15, 0.2) is 5.03 Å². The fraction of sp³-hybridized carbons (Fsp3) is 0.300. The summed E-state index contributed by atoms with van der Waals surface area (Å²) in [5.74, 6) is 1.15. The molecule has 0 atom stereocenters. The summed E-state index contributed by atoms with van der Waals surface area (Å²) in [4.78, 5) is 6.58. The summed E-state index contributed by atoms with van der Waals surface area (Å²) in [6, 6.07) is 3.44. The van der Waals surface area contributed by atoms with Crippen LogP contribution >= 0.6 is 0 Å². The van der Waals surface area contributed by atoms with Gasteiger partial charge in [-0.15, -0.1) is 0 Å². The maximum Gasteiger partial charge on any atom is 0.260 e. The van der Waals surface area contributed by atoms with Crippen LogP contribution in [-0.4, -0.2) is 29.7 Å². The van der Waals surface area contributed by atoms with E-state index in [1.54, 1.807) is 19.1 Å². The second kappa shape index (κ2) is 4.34. The summed E-state index contributed by atoms with van der Waals surface area (Å²) in [6.07, 6.45) is 2.82. The van der Waals surface area contributed by atoms with E-state index in [1.165, 1.54) is 23.8 Å². The summed E-state index contributed by atoms with van der Waals surface area (Å²) in [7, 11) is -2.04. The largest absolute Gasteiger partial charge is 0.468 e. The normalized spacial score (nSPS) is 12.2. The van der Waals surface area contributed by atoms with Crippen LogP contribution in [0.1, 0.15) is 11.6 Å². The van der Waals surface area contributed by atoms with Gasteiger partial charge in [0.1, 0.15) is 11.6 Å². The first-order valence-corrected chi connectivity index (χ1v) is 6.44. The topological polar surface area (TPSA) is 79.2 Å². The first-order valence-electron chi connectivity index (χ1n) is 5.00. The van der Waals surface area contributed by atoms with Crippen LogP contribution in [0.2, 0.25) is 0 Å². The summed E-state index contributed by atoms with van der Waals surface area (Å²) in [6.45, 7) is 1.89. The van der Waals surface area contributed by atoms with Gasteiger partial charge in [-0.1, -0.05) is 0 Å². The highest BCUT2D eigenvalue weighted by molar-refractivity contribution is 7.89. The van der Waals surface area contributed by atoms with E-state index in [9.17, 15) is 8.42 Å². The maximum absolute atomic E-state index is 12.1. The van der Waals surface area contributed by atoms with Crippen molar-refractivity contribution >= 4 is 10.0 Å². The fourth-order valence-corrected chi connectivity index (χ4v) is 2.50. The van der Waals surface area contributed by atoms with Crippen molar-refractivity contribution in [3.05, 3.63) is 36.2 Å². The molecule has 17 heavy (non-hydrogen) atoms. The van der Waals surface area contributed by atoms with E-state index in [2.05, 4.69) is 9.97 Å². The smallest absolute Gasteiger partial charge is 0.260 e. The minimum absolute atomic E-state index is 0.0871. The number of aryl methyl sites for hydroxylation is 1. The number of aromatic nitrogens is 2. The SMILES string of the molecule is Cc1ncc(S(=O)(=O)N(C)Cc2ccco2)[nH]1. The number of imidazole rings is 1. The lowest BCUT2D eigenvalue weighted by Crippen LogP contribution is -2.26. The van der Waals surface area contributed by atoms with Crippen LogP contribution in [0.4, 0.5) is 0 Å². The number of hydrogen-bond acceptors (Lipinski definition) is 4. The van der Waals surface area contributed by atoms with Crippen LogP contribution in [0.5, 0.6) is 0 Å². The Bertz CT molecular complexity index is 586. The second-order valence-electron chi connectivity index (χ2n) is 3.67. The van der Waals surface area contributed by atoms with Crippen molar-refractivity contribution in [1.29, 1.82) is 0 Å². The molecule has 0 spiro atoms. The molecule has 6 nitrogen and oxygen atoms in total. The van der Waals surface area contributed by atoms with Crippen LogP contribution in [-0.2, 0) is 16.6 Å². The highest BCUT2D eigenvalue weighted by Crippen LogP contribution is 2.14. The molecule has 0 aliphatic rings. The molecule has 0 unspecified atom stereocenters. The monoisotopic (exact) mass is 255 g/mol. The van der Waals surface area contributed by atoms with Crippen molar-refractivity contribution in [3.63, 3.8) is 0 Å². The van der Waals surface area contributed by atoms with Crippen LogP contribution < -0.4 is 0 Å². The number of nitrogens with zero attached hydrogens (tertiary/aromatic N) is 2. The molecular weight excluding hydrogens is 242 g/mol. The number of aromatic amines is 1. The first kappa shape index (κ1) is 11.9. The summed E-state index contributed by atoms with van der Waals surface area (Å²) >= 11 is 0. The average molecular weight is 255 g/mol. The van der Waals surface area contributed by atoms with Crippen molar-refractivity contribution in [2.45, 2.75) is 18.5 Å². The molecule has 1 N–H and O–H groups in total. The van der Waals surface area contributed by atoms with Crippen LogP contribution in [0.15, 0.2) is 34.0 Å². The Kier molecular flexibility index (Phi) is 3.03. The molecule has 0 radical (unpaired) electrons. The average Bonchev–Trinajstić information content (AvgIpc) is 2.89. The Labute approximate surface area is 99.3 Å². The lowest BCUT2D eigenvalue weighted by atomic mass is 10.4. The Balaban J connectivity index is 2.21. The number of nitrogens with one attached hydrogen (secondary N) is 1. The number of rotatable bonds is 4. The van der Waals surface area contributed by atoms with E-state index in [-0.39, 0.29) is 11.6 Å². The van der Waals surface area contributed by atoms with E-state index < -0.39 is 10.0 Å². The van der Waals surface area contributed by atoms with Crippen molar-refractivity contribution in [2.75, 3.05) is 7.05 Å². The zero-order valence-corrected chi connectivity index (χ0v) is 10.4. The third-order valence-electron chi connectivity index (χ3n) is 2.33. The molecule has 2 aromatic heterocycles. The maximum atomic E-state index is 12.1. The molecule has 0 amide bonds. The molecule has 2 aromatic rings. The minimum Gasteiger partial charge on any atom is -0.468 e. The van der Waals surface area contributed by atoms with Gasteiger partial charge in [0, 0.05) is 7.05 Å². The summed E-state index contributed by atoms with van der Waals surface area (Å²) in [5, 5.41) is 0.0871. The highest BCUT2D eigenvalue weighted by atomic mass is 32.2. The molecule has 2 heterocycles. The number of H-pyrrole nitrogens is 1. The second-order valence-corrected chi connectivity index (χ2v) is 5.69. The Morgan fingerprint density at radius 3 is 2.82 bits per heavy atom. The van der Waals surface area contributed by atoms with Gasteiger partial charge in [-0.3, -0.25) is 0 Å². The Morgan fingerprint density at radius 2 is 2.29 bits per heavy atom. The molecule has 0 saturated heterocycles. The highest BCUT2D eigenvalue weighted by Gasteiger charge is 2.23. The molecule has 0 aliphatic carbocycles. The quantitative estimate of drug-likeness (QED) is 0.888. The minimum atomic E-state index is -3.54. The van der Waals surface area contributed by atoms with E-state index >= 15 is 0 Å². The molecule has 0 fully saturated rings. The fourth-order valence-electron chi connectivity index (χ4n) is 1.40. The van der Waals surface area contributed by atoms with Crippen molar-refractivity contribution < 1.29 is 12.8 Å². The summed E-state index contributed by atoms with van der Waals surface area (Å²) in [5.41, 5.74) is 0. The van der Waals surface area contributed by atoms with Gasteiger partial charge in [0.2, 0.25) is 0 Å². The Morgan fingerprint density at radius 1 is 1.53 bits per heavy atom. The molecule has 7 heteroatoms. The van der Waals surface area contributed by atoms with Gasteiger partial charge < -0.3 is 9.40 Å². The van der Waals surface area contributed by atoms with E-state index in [0.29, 0.717) is 11.6 Å². The van der Waals surface area contributed by atoms with Crippen LogP contribution in [0.25, 0.3) is 0 Å². The molecule has 0 saturated carbocycles. The predicted octanol–water partition coefficient (Wildman–Crippen LogP) is 1.13. The third-order valence-corrected chi connectivity index (χ3v) is 4.04. The van der Waals surface area contributed by atoms with Crippen LogP contribution in [0, 0.1) is 6.92 Å². The van der Waals surface area contributed by atoms with E-state index in [0.717, 1.165) is 0 Å². The summed E-state index contributed by atoms with van der Waals surface area (Å²) < 4.78 is 30.5.